The second kappa shape index (κ2) is 16.8. The van der Waals surface area contributed by atoms with E-state index in [2.05, 4.69) is 10.6 Å². The van der Waals surface area contributed by atoms with E-state index >= 15 is 0 Å². The second-order valence-corrected chi connectivity index (χ2v) is 13.8. The smallest absolute Gasteiger partial charge is 0.408 e. The summed E-state index contributed by atoms with van der Waals surface area (Å²) in [6, 6.07) is 28.3. The Labute approximate surface area is 304 Å². The second-order valence-electron chi connectivity index (χ2n) is 13.8. The van der Waals surface area contributed by atoms with E-state index in [1.165, 1.54) is 0 Å². The minimum Gasteiger partial charge on any atom is -0.445 e. The van der Waals surface area contributed by atoms with E-state index in [1.807, 2.05) is 91.5 Å². The number of aliphatic hydroxyl groups excluding tert-OH is 1. The van der Waals surface area contributed by atoms with E-state index in [1.54, 1.807) is 50.4 Å². The summed E-state index contributed by atoms with van der Waals surface area (Å²) in [5, 5.41) is 18.0. The molecule has 4 aromatic rings. The van der Waals surface area contributed by atoms with Gasteiger partial charge in [-0.05, 0) is 55.3 Å². The number of fused-ring (bicyclic) bond motifs is 1. The van der Waals surface area contributed by atoms with Crippen LogP contribution in [-0.4, -0.2) is 64.3 Å². The molecule has 5 N–H and O–H groups in total. The number of nitrogens with two attached hydrogens (primary N) is 1. The van der Waals surface area contributed by atoms with Crippen LogP contribution >= 0.6 is 0 Å². The predicted molar refractivity (Wildman–Crippen MR) is 200 cm³/mol. The molecule has 0 aromatic heterocycles. The zero-order valence-electron chi connectivity index (χ0n) is 30.1. The molecule has 0 saturated heterocycles. The maximum absolute atomic E-state index is 14.5. The number of imide groups is 1. The number of aliphatic hydroxyl groups is 1. The molecular weight excluding hydrogens is 658 g/mol. The molecule has 272 valence electrons. The molecule has 0 saturated carbocycles. The van der Waals surface area contributed by atoms with Crippen molar-refractivity contribution in [3.05, 3.63) is 126 Å². The Bertz CT molecular complexity index is 1910. The fourth-order valence-electron chi connectivity index (χ4n) is 6.54. The Hall–Kier alpha value is -5.36. The van der Waals surface area contributed by atoms with Crippen molar-refractivity contribution < 1.29 is 33.5 Å². The van der Waals surface area contributed by atoms with E-state index < -0.39 is 52.5 Å². The van der Waals surface area contributed by atoms with E-state index in [9.17, 15) is 24.3 Å². The van der Waals surface area contributed by atoms with Gasteiger partial charge in [0.05, 0.1) is 29.1 Å². The first-order valence-corrected chi connectivity index (χ1v) is 17.6. The van der Waals surface area contributed by atoms with Gasteiger partial charge >= 0.3 is 17.9 Å². The van der Waals surface area contributed by atoms with E-state index in [0.29, 0.717) is 23.4 Å². The monoisotopic (exact) mass is 706 g/mol. The number of amides is 4. The number of hydrogen-bond acceptors (Lipinski definition) is 8. The first-order chi connectivity index (χ1) is 24.9. The van der Waals surface area contributed by atoms with Crippen LogP contribution in [0.1, 0.15) is 56.5 Å². The molecule has 5 rings (SSSR count). The molecule has 2 unspecified atom stereocenters. The fourth-order valence-corrected chi connectivity index (χ4v) is 6.54. The van der Waals surface area contributed by atoms with Crippen LogP contribution in [-0.2, 0) is 20.9 Å². The minimum absolute atomic E-state index is 0.0239. The molecule has 0 radical (unpaired) electrons. The number of nitrogens with zero attached hydrogens (tertiary/aromatic N) is 2. The summed E-state index contributed by atoms with van der Waals surface area (Å²) in [5.41, 5.74) is 8.46. The summed E-state index contributed by atoms with van der Waals surface area (Å²) in [6.45, 7) is 6.96. The number of rotatable bonds is 13. The SMILES string of the molecule is CC(C)C[C@H](NC(=O)C(CC1=C[N+](C(=O)c2ccccc2)(C(=O)[C@H](C)N)CN1c1cccc2ccccc12)NC(=O)OCc1ccccc1)[C@H](C)O. The summed E-state index contributed by atoms with van der Waals surface area (Å²) in [5.74, 6) is -1.41. The van der Waals surface area contributed by atoms with Gasteiger partial charge in [0.25, 0.3) is 0 Å². The van der Waals surface area contributed by atoms with Crippen LogP contribution in [0.15, 0.2) is 115 Å². The average molecular weight is 707 g/mol. The van der Waals surface area contributed by atoms with Gasteiger partial charge in [0.1, 0.15) is 24.9 Å². The molecule has 0 spiro atoms. The largest absolute Gasteiger partial charge is 0.445 e. The normalized spacial score (nSPS) is 17.9. The third-order valence-electron chi connectivity index (χ3n) is 9.17. The Morgan fingerprint density at radius 2 is 1.48 bits per heavy atom. The summed E-state index contributed by atoms with van der Waals surface area (Å²) >= 11 is 0. The highest BCUT2D eigenvalue weighted by Gasteiger charge is 2.52. The van der Waals surface area contributed by atoms with Crippen molar-refractivity contribution in [1.82, 2.24) is 10.6 Å². The lowest BCUT2D eigenvalue weighted by molar-refractivity contribution is -0.711. The van der Waals surface area contributed by atoms with Gasteiger partial charge < -0.3 is 26.2 Å². The Morgan fingerprint density at radius 1 is 0.846 bits per heavy atom. The first kappa shape index (κ1) is 37.9. The molecular formula is C41H48N5O6+. The van der Waals surface area contributed by atoms with Crippen molar-refractivity contribution in [2.24, 2.45) is 11.7 Å². The molecule has 11 heteroatoms. The van der Waals surface area contributed by atoms with Crippen molar-refractivity contribution in [2.45, 2.75) is 71.4 Å². The van der Waals surface area contributed by atoms with Crippen molar-refractivity contribution in [1.29, 1.82) is 0 Å². The topological polar surface area (TPSA) is 151 Å². The third-order valence-corrected chi connectivity index (χ3v) is 9.17. The summed E-state index contributed by atoms with van der Waals surface area (Å²) in [6.07, 6.45) is 0.225. The summed E-state index contributed by atoms with van der Waals surface area (Å²) < 4.78 is 4.76. The Kier molecular flexibility index (Phi) is 12.2. The van der Waals surface area contributed by atoms with Gasteiger partial charge in [-0.3, -0.25) is 9.69 Å². The molecule has 52 heavy (non-hydrogen) atoms. The molecule has 4 aromatic carbocycles. The number of nitrogens with one attached hydrogen (secondary N) is 2. The molecule has 1 aliphatic rings. The number of carbonyl (C=O) groups excluding carboxylic acids is 4. The van der Waals surface area contributed by atoms with Crippen molar-refractivity contribution in [3.63, 3.8) is 0 Å². The lowest BCUT2D eigenvalue weighted by atomic mass is 9.99. The Morgan fingerprint density at radius 3 is 2.13 bits per heavy atom. The number of ether oxygens (including phenoxy) is 1. The standard InChI is InChI=1S/C41H47N5O6/c1-27(2)22-35(29(4)47)43-38(48)36(44-41(51)52-25-30-14-7-5-8-15-30)23-33-24-46(39(49)28(3)42,40(50)32-17-9-6-10-18-32)26-45(33)37-21-13-19-31-16-11-12-20-34(31)37/h5-21,24,27-29,35-36,47H,22-23,25-26,42H2,1-4H3,(H-,43,44,48,51)/p+1/t28-,29-,35-,36?,46?/m0/s1. The van der Waals surface area contributed by atoms with Crippen LogP contribution in [0, 0.1) is 5.92 Å². The van der Waals surface area contributed by atoms with Crippen LogP contribution < -0.4 is 21.3 Å². The van der Waals surface area contributed by atoms with Crippen molar-refractivity contribution >= 4 is 40.3 Å². The van der Waals surface area contributed by atoms with Crippen LogP contribution in [0.3, 0.4) is 0 Å². The number of hydrogen-bond donors (Lipinski definition) is 4. The summed E-state index contributed by atoms with van der Waals surface area (Å²) in [4.78, 5) is 58.0. The maximum Gasteiger partial charge on any atom is 0.408 e. The van der Waals surface area contributed by atoms with Crippen LogP contribution in [0.4, 0.5) is 10.5 Å². The first-order valence-electron chi connectivity index (χ1n) is 17.6. The molecule has 5 atom stereocenters. The maximum atomic E-state index is 14.5. The van der Waals surface area contributed by atoms with E-state index in [4.69, 9.17) is 10.5 Å². The van der Waals surface area contributed by atoms with Crippen molar-refractivity contribution in [2.75, 3.05) is 11.6 Å². The van der Waals surface area contributed by atoms with Gasteiger partial charge in [-0.1, -0.05) is 98.8 Å². The highest BCUT2D eigenvalue weighted by Crippen LogP contribution is 2.38. The third kappa shape index (κ3) is 8.74. The molecule has 0 bridgehead atoms. The van der Waals surface area contributed by atoms with Gasteiger partial charge in [-0.25, -0.2) is 14.4 Å². The highest BCUT2D eigenvalue weighted by molar-refractivity contribution is 6.00. The molecule has 11 nitrogen and oxygen atoms in total. The molecule has 0 aliphatic carbocycles. The number of carbonyl (C=O) groups is 4. The van der Waals surface area contributed by atoms with Gasteiger partial charge in [0, 0.05) is 11.8 Å². The number of alkyl carbamates (subject to hydrolysis) is 1. The number of anilines is 1. The minimum atomic E-state index is -1.22. The Balaban J connectivity index is 1.60. The zero-order chi connectivity index (χ0) is 37.4. The van der Waals surface area contributed by atoms with Gasteiger partial charge in [0.2, 0.25) is 5.91 Å². The van der Waals surface area contributed by atoms with E-state index in [-0.39, 0.29) is 25.6 Å². The molecule has 0 fully saturated rings. The molecule has 1 aliphatic heterocycles. The van der Waals surface area contributed by atoms with Crippen LogP contribution in [0.2, 0.25) is 0 Å². The average Bonchev–Trinajstić information content (AvgIpc) is 3.52. The number of quaternary nitrogens is 1. The number of benzene rings is 4. The van der Waals surface area contributed by atoms with Gasteiger partial charge in [-0.2, -0.15) is 0 Å². The molecule has 4 amide bonds. The lowest BCUT2D eigenvalue weighted by Crippen LogP contribution is -2.59. The zero-order valence-corrected chi connectivity index (χ0v) is 30.1. The summed E-state index contributed by atoms with van der Waals surface area (Å²) in [7, 11) is 0. The van der Waals surface area contributed by atoms with Gasteiger partial charge in [0.15, 0.2) is 6.67 Å². The fraction of sp³-hybridized carbons (Fsp3) is 0.317. The lowest BCUT2D eigenvalue weighted by Gasteiger charge is -2.30. The van der Waals surface area contributed by atoms with Crippen molar-refractivity contribution in [3.8, 4) is 0 Å². The molecule has 1 heterocycles. The van der Waals surface area contributed by atoms with Crippen LogP contribution in [0.25, 0.3) is 10.8 Å². The predicted octanol–water partition coefficient (Wildman–Crippen LogP) is 5.59. The highest BCUT2D eigenvalue weighted by atomic mass is 16.5. The van der Waals surface area contributed by atoms with Gasteiger partial charge in [-0.15, -0.1) is 4.48 Å². The van der Waals surface area contributed by atoms with Crippen LogP contribution in [0.5, 0.6) is 0 Å². The van der Waals surface area contributed by atoms with E-state index in [0.717, 1.165) is 16.3 Å². The quantitative estimate of drug-likeness (QED) is 0.132.